The number of aryl methyl sites for hydroxylation is 1. The molecule has 0 aliphatic rings. The number of hydrogen-bond donors (Lipinski definition) is 3. The summed E-state index contributed by atoms with van der Waals surface area (Å²) in [6, 6.07) is 27.3. The van der Waals surface area contributed by atoms with Crippen molar-refractivity contribution in [3.05, 3.63) is 102 Å². The van der Waals surface area contributed by atoms with Gasteiger partial charge in [-0.15, -0.1) is 0 Å². The third-order valence-electron chi connectivity index (χ3n) is 5.61. The van der Waals surface area contributed by atoms with Crippen LogP contribution in [-0.2, 0) is 24.2 Å². The Labute approximate surface area is 182 Å². The molecule has 4 aromatic rings. The van der Waals surface area contributed by atoms with Crippen LogP contribution in [0.5, 0.6) is 0 Å². The largest absolute Gasteiger partial charge is 0.367 e. The molecule has 0 atom stereocenters. The Morgan fingerprint density at radius 2 is 1.58 bits per heavy atom. The lowest BCUT2D eigenvalue weighted by Gasteiger charge is -2.25. The van der Waals surface area contributed by atoms with E-state index in [0.29, 0.717) is 6.42 Å². The Hall–Kier alpha value is -3.57. The lowest BCUT2D eigenvalue weighted by atomic mass is 10.1. The van der Waals surface area contributed by atoms with Crippen LogP contribution in [0.4, 0.5) is 5.69 Å². The summed E-state index contributed by atoms with van der Waals surface area (Å²) in [6.07, 6.45) is 3.95. The number of anilines is 1. The van der Waals surface area contributed by atoms with Crippen molar-refractivity contribution in [2.24, 2.45) is 0 Å². The van der Waals surface area contributed by atoms with Gasteiger partial charge in [-0.1, -0.05) is 60.7 Å². The van der Waals surface area contributed by atoms with E-state index in [2.05, 4.69) is 88.9 Å². The topological polar surface area (TPSA) is 68.4 Å². The first-order valence-electron chi connectivity index (χ1n) is 10.6. The second-order valence-corrected chi connectivity index (χ2v) is 7.72. The summed E-state index contributed by atoms with van der Waals surface area (Å²) >= 11 is 0. The van der Waals surface area contributed by atoms with E-state index in [1.165, 1.54) is 27.7 Å². The van der Waals surface area contributed by atoms with E-state index in [0.717, 1.165) is 25.1 Å². The number of amides is 1. The molecule has 1 aromatic heterocycles. The molecule has 0 saturated carbocycles. The number of fused-ring (bicyclic) bond motifs is 1. The number of carbonyl (C=O) groups excluding carboxylic acids is 1. The van der Waals surface area contributed by atoms with E-state index >= 15 is 0 Å². The Bertz CT molecular complexity index is 1120. The molecule has 0 saturated heterocycles. The Morgan fingerprint density at radius 1 is 0.871 bits per heavy atom. The first-order valence-corrected chi connectivity index (χ1v) is 10.6. The van der Waals surface area contributed by atoms with Crippen molar-refractivity contribution in [3.63, 3.8) is 0 Å². The minimum absolute atomic E-state index is 0.274. The van der Waals surface area contributed by atoms with Crippen LogP contribution in [0.1, 0.15) is 23.1 Å². The van der Waals surface area contributed by atoms with Crippen molar-refractivity contribution in [1.82, 2.24) is 10.5 Å². The highest BCUT2D eigenvalue weighted by molar-refractivity contribution is 5.83. The normalized spacial score (nSPS) is 10.9. The van der Waals surface area contributed by atoms with Gasteiger partial charge in [0.1, 0.15) is 0 Å². The van der Waals surface area contributed by atoms with Crippen molar-refractivity contribution >= 4 is 22.5 Å². The van der Waals surface area contributed by atoms with Gasteiger partial charge < -0.3 is 9.88 Å². The summed E-state index contributed by atoms with van der Waals surface area (Å²) in [5, 5.41) is 9.92. The van der Waals surface area contributed by atoms with Crippen LogP contribution < -0.4 is 10.4 Å². The number of hydrogen-bond acceptors (Lipinski definition) is 3. The summed E-state index contributed by atoms with van der Waals surface area (Å²) in [5.41, 5.74) is 7.68. The zero-order valence-electron chi connectivity index (χ0n) is 17.4. The minimum Gasteiger partial charge on any atom is -0.367 e. The van der Waals surface area contributed by atoms with E-state index in [-0.39, 0.29) is 12.3 Å². The number of aromatic nitrogens is 1. The number of nitrogens with one attached hydrogen (secondary N) is 2. The average molecular weight is 414 g/mol. The number of para-hydroxylation sites is 2. The Balaban J connectivity index is 1.46. The number of hydroxylamine groups is 1. The molecule has 0 unspecified atom stereocenters. The van der Waals surface area contributed by atoms with Crippen LogP contribution >= 0.6 is 0 Å². The summed E-state index contributed by atoms with van der Waals surface area (Å²) < 4.78 is 0. The quantitative estimate of drug-likeness (QED) is 0.271. The predicted molar refractivity (Wildman–Crippen MR) is 124 cm³/mol. The fourth-order valence-electron chi connectivity index (χ4n) is 3.88. The van der Waals surface area contributed by atoms with Gasteiger partial charge in [-0.05, 0) is 47.7 Å². The molecular weight excluding hydrogens is 386 g/mol. The molecular formula is C26H27N3O2. The molecule has 0 aliphatic carbocycles. The fourth-order valence-corrected chi connectivity index (χ4v) is 3.88. The molecule has 5 heteroatoms. The van der Waals surface area contributed by atoms with Crippen LogP contribution in [-0.4, -0.2) is 22.6 Å². The number of rotatable bonds is 9. The molecule has 3 N–H and O–H groups in total. The molecule has 0 radical (unpaired) electrons. The molecule has 5 nitrogen and oxygen atoms in total. The highest BCUT2D eigenvalue weighted by Crippen LogP contribution is 2.22. The third kappa shape index (κ3) is 5.32. The molecule has 3 aromatic carbocycles. The van der Waals surface area contributed by atoms with Gasteiger partial charge in [0.2, 0.25) is 5.91 Å². The standard InChI is InChI=1S/C26H27N3O2/c30-26(28-31)15-14-20-10-12-21(13-11-20)19-29(23-6-2-1-3-7-23)17-16-22-18-27-25-9-5-4-8-24(22)25/h1-13,18,27,31H,14-17,19H2,(H,28,30). The molecule has 0 aliphatic heterocycles. The van der Waals surface area contributed by atoms with E-state index in [9.17, 15) is 4.79 Å². The summed E-state index contributed by atoms with van der Waals surface area (Å²) in [4.78, 5) is 17.0. The van der Waals surface area contributed by atoms with Crippen molar-refractivity contribution in [2.45, 2.75) is 25.8 Å². The highest BCUT2D eigenvalue weighted by atomic mass is 16.5. The fraction of sp³-hybridized carbons (Fsp3) is 0.192. The number of H-pyrrole nitrogens is 1. The Morgan fingerprint density at radius 3 is 2.35 bits per heavy atom. The van der Waals surface area contributed by atoms with Gasteiger partial charge in [0.25, 0.3) is 0 Å². The van der Waals surface area contributed by atoms with Gasteiger partial charge in [-0.2, -0.15) is 0 Å². The molecule has 0 bridgehead atoms. The molecule has 0 spiro atoms. The van der Waals surface area contributed by atoms with Crippen molar-refractivity contribution < 1.29 is 10.0 Å². The number of nitrogens with zero attached hydrogens (tertiary/aromatic N) is 1. The second-order valence-electron chi connectivity index (χ2n) is 7.72. The molecule has 1 heterocycles. The zero-order valence-corrected chi connectivity index (χ0v) is 17.4. The van der Waals surface area contributed by atoms with Gasteiger partial charge in [0.05, 0.1) is 0 Å². The second kappa shape index (κ2) is 9.96. The highest BCUT2D eigenvalue weighted by Gasteiger charge is 2.10. The van der Waals surface area contributed by atoms with E-state index in [1.54, 1.807) is 5.48 Å². The predicted octanol–water partition coefficient (Wildman–Crippen LogP) is 4.86. The minimum atomic E-state index is -0.364. The van der Waals surface area contributed by atoms with E-state index in [1.807, 2.05) is 6.07 Å². The molecule has 1 amide bonds. The van der Waals surface area contributed by atoms with Crippen molar-refractivity contribution in [2.75, 3.05) is 11.4 Å². The lowest BCUT2D eigenvalue weighted by Crippen LogP contribution is -2.25. The summed E-state index contributed by atoms with van der Waals surface area (Å²) in [5.74, 6) is -0.364. The first kappa shape index (κ1) is 20.7. The van der Waals surface area contributed by atoms with Crippen LogP contribution in [0.3, 0.4) is 0 Å². The molecule has 158 valence electrons. The lowest BCUT2D eigenvalue weighted by molar-refractivity contribution is -0.129. The monoisotopic (exact) mass is 413 g/mol. The van der Waals surface area contributed by atoms with Gasteiger partial charge in [0.15, 0.2) is 0 Å². The third-order valence-corrected chi connectivity index (χ3v) is 5.61. The van der Waals surface area contributed by atoms with Gasteiger partial charge in [-0.3, -0.25) is 10.0 Å². The maximum Gasteiger partial charge on any atom is 0.243 e. The summed E-state index contributed by atoms with van der Waals surface area (Å²) in [6.45, 7) is 1.72. The van der Waals surface area contributed by atoms with Crippen LogP contribution in [0.15, 0.2) is 85.1 Å². The van der Waals surface area contributed by atoms with Crippen molar-refractivity contribution in [1.29, 1.82) is 0 Å². The van der Waals surface area contributed by atoms with E-state index in [4.69, 9.17) is 5.21 Å². The zero-order chi connectivity index (χ0) is 21.5. The SMILES string of the molecule is O=C(CCc1ccc(CN(CCc2c[nH]c3ccccc23)c2ccccc2)cc1)NO. The molecule has 4 rings (SSSR count). The maximum atomic E-state index is 11.2. The van der Waals surface area contributed by atoms with Gasteiger partial charge in [-0.25, -0.2) is 5.48 Å². The maximum absolute atomic E-state index is 11.2. The summed E-state index contributed by atoms with van der Waals surface area (Å²) in [7, 11) is 0. The average Bonchev–Trinajstić information content (AvgIpc) is 3.24. The number of aromatic amines is 1. The van der Waals surface area contributed by atoms with Crippen LogP contribution in [0.2, 0.25) is 0 Å². The van der Waals surface area contributed by atoms with Gasteiger partial charge >= 0.3 is 0 Å². The van der Waals surface area contributed by atoms with E-state index < -0.39 is 0 Å². The van der Waals surface area contributed by atoms with Crippen molar-refractivity contribution in [3.8, 4) is 0 Å². The number of benzene rings is 3. The van der Waals surface area contributed by atoms with Crippen LogP contribution in [0, 0.1) is 0 Å². The number of carbonyl (C=O) groups is 1. The van der Waals surface area contributed by atoms with Gasteiger partial charge in [0, 0.05) is 42.3 Å². The Kier molecular flexibility index (Phi) is 6.65. The smallest absolute Gasteiger partial charge is 0.243 e. The first-order chi connectivity index (χ1) is 15.2. The molecule has 0 fully saturated rings. The molecule has 31 heavy (non-hydrogen) atoms. The van der Waals surface area contributed by atoms with Crippen LogP contribution in [0.25, 0.3) is 10.9 Å².